The Morgan fingerprint density at radius 3 is 2.34 bits per heavy atom. The number of hydrogen-bond acceptors (Lipinski definition) is 2. The van der Waals surface area contributed by atoms with Crippen LogP contribution < -0.4 is 4.90 Å². The molecule has 1 N–H and O–H groups in total. The van der Waals surface area contributed by atoms with Crippen molar-refractivity contribution in [2.24, 2.45) is 0 Å². The third kappa shape index (κ3) is 4.07. The second-order valence-electron chi connectivity index (χ2n) is 7.57. The Kier molecular flexibility index (Phi) is 5.45. The van der Waals surface area contributed by atoms with Gasteiger partial charge in [0.15, 0.2) is 0 Å². The number of amides is 1. The zero-order chi connectivity index (χ0) is 20.4. The van der Waals surface area contributed by atoms with Crippen molar-refractivity contribution in [3.63, 3.8) is 0 Å². The van der Waals surface area contributed by atoms with Crippen molar-refractivity contribution in [2.45, 2.75) is 13.8 Å². The number of aryl methyl sites for hydroxylation is 1. The van der Waals surface area contributed by atoms with Gasteiger partial charge in [-0.2, -0.15) is 5.10 Å². The van der Waals surface area contributed by atoms with E-state index in [0.29, 0.717) is 11.3 Å². The van der Waals surface area contributed by atoms with Crippen LogP contribution in [0.25, 0.3) is 16.9 Å². The third-order valence-corrected chi connectivity index (χ3v) is 5.62. The largest absolute Gasteiger partial charge is 0.332 e. The van der Waals surface area contributed by atoms with Crippen molar-refractivity contribution < 1.29 is 14.1 Å². The molecule has 1 aromatic heterocycles. The highest BCUT2D eigenvalue weighted by molar-refractivity contribution is 6.00. The number of quaternary nitrogens is 1. The molecule has 2 heterocycles. The van der Waals surface area contributed by atoms with Crippen molar-refractivity contribution in [3.8, 4) is 16.9 Å². The first-order chi connectivity index (χ1) is 14.0. The average Bonchev–Trinajstić information content (AvgIpc) is 3.19. The minimum Gasteiger partial charge on any atom is -0.332 e. The summed E-state index contributed by atoms with van der Waals surface area (Å²) in [5.74, 6) is -0.295. The fraction of sp³-hybridized carbons (Fsp3) is 0.304. The topological polar surface area (TPSA) is 42.6 Å². The molecule has 6 heteroatoms. The van der Waals surface area contributed by atoms with Crippen LogP contribution in [0, 0.1) is 12.7 Å². The van der Waals surface area contributed by atoms with E-state index in [1.165, 1.54) is 17.0 Å². The number of aromatic nitrogens is 2. The Labute approximate surface area is 170 Å². The molecular weight excluding hydrogens is 367 g/mol. The number of likely N-dealkylation sites (N-methyl/N-ethyl adjacent to an activating group) is 1. The molecule has 1 amide bonds. The molecule has 0 radical (unpaired) electrons. The number of carbonyl (C=O) groups is 1. The molecule has 0 unspecified atom stereocenters. The highest BCUT2D eigenvalue weighted by Crippen LogP contribution is 2.25. The molecule has 1 aliphatic heterocycles. The summed E-state index contributed by atoms with van der Waals surface area (Å²) in [7, 11) is 0. The molecule has 4 rings (SSSR count). The zero-order valence-corrected chi connectivity index (χ0v) is 16.9. The van der Waals surface area contributed by atoms with Crippen LogP contribution in [0.15, 0.2) is 54.7 Å². The van der Waals surface area contributed by atoms with Crippen LogP contribution in [0.4, 0.5) is 4.39 Å². The van der Waals surface area contributed by atoms with Crippen molar-refractivity contribution in [2.75, 3.05) is 32.7 Å². The molecule has 0 spiro atoms. The van der Waals surface area contributed by atoms with Crippen molar-refractivity contribution in [3.05, 3.63) is 71.7 Å². The lowest BCUT2D eigenvalue weighted by Crippen LogP contribution is -3.14. The zero-order valence-electron chi connectivity index (χ0n) is 16.9. The Morgan fingerprint density at radius 1 is 1.07 bits per heavy atom. The van der Waals surface area contributed by atoms with E-state index in [-0.39, 0.29) is 11.7 Å². The smallest absolute Gasteiger partial charge is 0.258 e. The van der Waals surface area contributed by atoms with Gasteiger partial charge in [0.05, 0.1) is 44.0 Å². The normalized spacial score (nSPS) is 14.9. The lowest BCUT2D eigenvalue weighted by molar-refractivity contribution is -0.902. The molecule has 29 heavy (non-hydrogen) atoms. The van der Waals surface area contributed by atoms with E-state index in [4.69, 9.17) is 5.10 Å². The lowest BCUT2D eigenvalue weighted by atomic mass is 10.1. The van der Waals surface area contributed by atoms with Gasteiger partial charge in [-0.3, -0.25) is 4.79 Å². The first kappa shape index (κ1) is 19.3. The molecule has 3 aromatic rings. The number of halogens is 1. The van der Waals surface area contributed by atoms with Crippen LogP contribution >= 0.6 is 0 Å². The fourth-order valence-electron chi connectivity index (χ4n) is 3.73. The maximum atomic E-state index is 13.4. The standard InChI is InChI=1S/C23H25FN4O/c1-3-26-12-14-27(15-13-26)23(29)21-16-28(20-10-8-19(24)9-11-20)25-22(21)18-6-4-17(2)5-7-18/h4-11,16H,3,12-15H2,1-2H3/p+1. The first-order valence-corrected chi connectivity index (χ1v) is 10.1. The fourth-order valence-corrected chi connectivity index (χ4v) is 3.73. The van der Waals surface area contributed by atoms with Gasteiger partial charge in [0.25, 0.3) is 5.91 Å². The summed E-state index contributed by atoms with van der Waals surface area (Å²) < 4.78 is 15.0. The van der Waals surface area contributed by atoms with E-state index in [1.807, 2.05) is 36.1 Å². The minimum atomic E-state index is -0.299. The number of benzene rings is 2. The van der Waals surface area contributed by atoms with E-state index < -0.39 is 0 Å². The van der Waals surface area contributed by atoms with Gasteiger partial charge in [0.1, 0.15) is 11.5 Å². The Morgan fingerprint density at radius 2 is 1.72 bits per heavy atom. The van der Waals surface area contributed by atoms with Crippen LogP contribution in [0.2, 0.25) is 0 Å². The second kappa shape index (κ2) is 8.17. The number of piperazine rings is 1. The summed E-state index contributed by atoms with van der Waals surface area (Å²) >= 11 is 0. The Bertz CT molecular complexity index is 987. The van der Waals surface area contributed by atoms with Crippen LogP contribution in [0.3, 0.4) is 0 Å². The molecule has 5 nitrogen and oxygen atoms in total. The quantitative estimate of drug-likeness (QED) is 0.739. The number of nitrogens with one attached hydrogen (secondary N) is 1. The molecule has 1 fully saturated rings. The van der Waals surface area contributed by atoms with Gasteiger partial charge in [-0.05, 0) is 38.1 Å². The van der Waals surface area contributed by atoms with Crippen molar-refractivity contribution >= 4 is 5.91 Å². The van der Waals surface area contributed by atoms with Crippen molar-refractivity contribution in [1.29, 1.82) is 0 Å². The number of hydrogen-bond donors (Lipinski definition) is 1. The summed E-state index contributed by atoms with van der Waals surface area (Å²) in [6.07, 6.45) is 1.77. The van der Waals surface area contributed by atoms with Gasteiger partial charge in [-0.25, -0.2) is 9.07 Å². The predicted octanol–water partition coefficient (Wildman–Crippen LogP) is 2.35. The van der Waals surface area contributed by atoms with Crippen LogP contribution in [0.5, 0.6) is 0 Å². The Hall–Kier alpha value is -2.99. The summed E-state index contributed by atoms with van der Waals surface area (Å²) in [5.41, 5.74) is 4.01. The summed E-state index contributed by atoms with van der Waals surface area (Å²) in [4.78, 5) is 16.8. The molecule has 1 saturated heterocycles. The van der Waals surface area contributed by atoms with E-state index in [1.54, 1.807) is 23.0 Å². The van der Waals surface area contributed by atoms with E-state index in [0.717, 1.165) is 49.5 Å². The summed E-state index contributed by atoms with van der Waals surface area (Å²) in [6.45, 7) is 8.72. The van der Waals surface area contributed by atoms with E-state index in [9.17, 15) is 9.18 Å². The van der Waals surface area contributed by atoms with Crippen molar-refractivity contribution in [1.82, 2.24) is 14.7 Å². The number of carbonyl (C=O) groups excluding carboxylic acids is 1. The van der Waals surface area contributed by atoms with Gasteiger partial charge < -0.3 is 9.80 Å². The first-order valence-electron chi connectivity index (χ1n) is 10.1. The molecule has 150 valence electrons. The molecule has 0 saturated carbocycles. The Balaban J connectivity index is 1.71. The average molecular weight is 393 g/mol. The van der Waals surface area contributed by atoms with Gasteiger partial charge in [0.2, 0.25) is 0 Å². The van der Waals surface area contributed by atoms with Crippen LogP contribution in [0.1, 0.15) is 22.8 Å². The van der Waals surface area contributed by atoms with E-state index in [2.05, 4.69) is 6.92 Å². The predicted molar refractivity (Wildman–Crippen MR) is 111 cm³/mol. The van der Waals surface area contributed by atoms with Gasteiger partial charge >= 0.3 is 0 Å². The second-order valence-corrected chi connectivity index (χ2v) is 7.57. The molecule has 0 bridgehead atoms. The highest BCUT2D eigenvalue weighted by Gasteiger charge is 2.27. The summed E-state index contributed by atoms with van der Waals surface area (Å²) in [6, 6.07) is 14.1. The van der Waals surface area contributed by atoms with Crippen LogP contribution in [-0.4, -0.2) is 53.3 Å². The molecule has 0 aliphatic carbocycles. The van der Waals surface area contributed by atoms with Gasteiger partial charge in [-0.1, -0.05) is 29.8 Å². The highest BCUT2D eigenvalue weighted by atomic mass is 19.1. The van der Waals surface area contributed by atoms with E-state index >= 15 is 0 Å². The van der Waals surface area contributed by atoms with Crippen LogP contribution in [-0.2, 0) is 0 Å². The van der Waals surface area contributed by atoms with Gasteiger partial charge in [-0.15, -0.1) is 0 Å². The molecular formula is C23H26FN4O+. The molecule has 2 aromatic carbocycles. The lowest BCUT2D eigenvalue weighted by Gasteiger charge is -2.31. The monoisotopic (exact) mass is 393 g/mol. The summed E-state index contributed by atoms with van der Waals surface area (Å²) in [5, 5.41) is 4.70. The third-order valence-electron chi connectivity index (χ3n) is 5.62. The molecule has 1 aliphatic rings. The maximum Gasteiger partial charge on any atom is 0.258 e. The number of nitrogens with zero attached hydrogens (tertiary/aromatic N) is 3. The molecule has 0 atom stereocenters. The number of rotatable bonds is 4. The van der Waals surface area contributed by atoms with Gasteiger partial charge in [0, 0.05) is 11.8 Å². The maximum absolute atomic E-state index is 13.4. The SMILES string of the molecule is CC[NH+]1CCN(C(=O)c2cn(-c3ccc(F)cc3)nc2-c2ccc(C)cc2)CC1. The minimum absolute atomic E-state index is 0.00379.